The summed E-state index contributed by atoms with van der Waals surface area (Å²) in [6, 6.07) is 26.3. The van der Waals surface area contributed by atoms with E-state index in [1.54, 1.807) is 30.3 Å². The highest BCUT2D eigenvalue weighted by Gasteiger charge is 2.21. The molecule has 0 radical (unpaired) electrons. The Morgan fingerprint density at radius 2 is 1.48 bits per heavy atom. The second-order valence-corrected chi connectivity index (χ2v) is 9.25. The van der Waals surface area contributed by atoms with Crippen LogP contribution < -0.4 is 15.4 Å². The van der Waals surface area contributed by atoms with Gasteiger partial charge in [-0.3, -0.25) is 4.79 Å². The normalized spacial score (nSPS) is 11.2. The lowest BCUT2D eigenvalue weighted by Gasteiger charge is -2.14. The van der Waals surface area contributed by atoms with E-state index in [1.807, 2.05) is 49.4 Å². The Balaban J connectivity index is 1.51. The summed E-state index contributed by atoms with van der Waals surface area (Å²) in [4.78, 5) is 12.9. The Hall–Kier alpha value is -3.84. The van der Waals surface area contributed by atoms with Crippen LogP contribution in [0, 0.1) is 0 Å². The van der Waals surface area contributed by atoms with E-state index in [0.717, 1.165) is 10.8 Å². The van der Waals surface area contributed by atoms with Crippen molar-refractivity contribution in [2.75, 3.05) is 23.8 Å². The molecule has 0 atom stereocenters. The van der Waals surface area contributed by atoms with Crippen LogP contribution in [0.4, 0.5) is 11.4 Å². The highest BCUT2D eigenvalue weighted by Crippen LogP contribution is 2.29. The van der Waals surface area contributed by atoms with Gasteiger partial charge >= 0.3 is 0 Å². The zero-order valence-corrected chi connectivity index (χ0v) is 18.9. The first-order chi connectivity index (χ1) is 16.0. The predicted octanol–water partition coefficient (Wildman–Crippen LogP) is 5.12. The fourth-order valence-corrected chi connectivity index (χ4v) is 5.00. The molecule has 0 saturated heterocycles. The molecule has 0 fully saturated rings. The van der Waals surface area contributed by atoms with Crippen LogP contribution in [-0.4, -0.2) is 27.5 Å². The maximum atomic E-state index is 13.2. The maximum absolute atomic E-state index is 13.2. The zero-order chi connectivity index (χ0) is 23.3. The molecule has 7 heteroatoms. The van der Waals surface area contributed by atoms with Crippen LogP contribution in [-0.2, 0) is 14.6 Å². The van der Waals surface area contributed by atoms with Crippen molar-refractivity contribution in [1.29, 1.82) is 0 Å². The third-order valence-electron chi connectivity index (χ3n) is 5.12. The van der Waals surface area contributed by atoms with Crippen molar-refractivity contribution in [3.8, 4) is 5.75 Å². The average Bonchev–Trinajstić information content (AvgIpc) is 2.84. The van der Waals surface area contributed by atoms with Crippen molar-refractivity contribution in [2.24, 2.45) is 0 Å². The van der Waals surface area contributed by atoms with Crippen LogP contribution in [0.1, 0.15) is 6.92 Å². The predicted molar refractivity (Wildman–Crippen MR) is 131 cm³/mol. The van der Waals surface area contributed by atoms with Crippen LogP contribution >= 0.6 is 0 Å². The molecule has 0 aliphatic rings. The van der Waals surface area contributed by atoms with E-state index < -0.39 is 9.84 Å². The van der Waals surface area contributed by atoms with Gasteiger partial charge in [0.05, 0.1) is 28.6 Å². The SMILES string of the molecule is CCOc1ccc(S(=O)(=O)c2ccccc2NCC(=O)Nc2cccc3ccccc23)cc1. The van der Waals surface area contributed by atoms with Crippen LogP contribution in [0.5, 0.6) is 5.75 Å². The Morgan fingerprint density at radius 1 is 0.818 bits per heavy atom. The van der Waals surface area contributed by atoms with E-state index >= 15 is 0 Å². The number of nitrogens with one attached hydrogen (secondary N) is 2. The van der Waals surface area contributed by atoms with Gasteiger partial charge in [-0.2, -0.15) is 0 Å². The molecule has 4 rings (SSSR count). The van der Waals surface area contributed by atoms with Crippen LogP contribution in [0.15, 0.2) is 101 Å². The number of hydrogen-bond donors (Lipinski definition) is 2. The molecule has 0 aromatic heterocycles. The number of benzene rings is 4. The molecule has 0 bridgehead atoms. The molecule has 0 heterocycles. The molecular formula is C26H24N2O4S. The fourth-order valence-electron chi connectivity index (χ4n) is 3.56. The van der Waals surface area contributed by atoms with Crippen LogP contribution in [0.3, 0.4) is 0 Å². The topological polar surface area (TPSA) is 84.5 Å². The second-order valence-electron chi connectivity index (χ2n) is 7.33. The highest BCUT2D eigenvalue weighted by molar-refractivity contribution is 7.91. The van der Waals surface area contributed by atoms with Gasteiger partial charge in [0.25, 0.3) is 0 Å². The summed E-state index contributed by atoms with van der Waals surface area (Å²) in [6.07, 6.45) is 0. The number of carbonyl (C=O) groups is 1. The van der Waals surface area contributed by atoms with E-state index in [2.05, 4.69) is 10.6 Å². The number of carbonyl (C=O) groups excluding carboxylic acids is 1. The molecule has 0 saturated carbocycles. The number of ether oxygens (including phenoxy) is 1. The average molecular weight is 461 g/mol. The molecule has 0 aliphatic carbocycles. The van der Waals surface area contributed by atoms with Gasteiger partial charge in [-0.1, -0.05) is 48.5 Å². The summed E-state index contributed by atoms with van der Waals surface area (Å²) in [5.74, 6) is 0.326. The summed E-state index contributed by atoms with van der Waals surface area (Å²) < 4.78 is 31.8. The number of rotatable bonds is 8. The van der Waals surface area contributed by atoms with Crippen molar-refractivity contribution in [3.63, 3.8) is 0 Å². The molecule has 0 unspecified atom stereocenters. The van der Waals surface area contributed by atoms with Gasteiger partial charge in [-0.05, 0) is 54.8 Å². The Labute approximate surface area is 193 Å². The van der Waals surface area contributed by atoms with Crippen molar-refractivity contribution in [2.45, 2.75) is 16.7 Å². The Bertz CT molecular complexity index is 1380. The smallest absolute Gasteiger partial charge is 0.243 e. The lowest BCUT2D eigenvalue weighted by molar-refractivity contribution is -0.114. The van der Waals surface area contributed by atoms with Gasteiger partial charge < -0.3 is 15.4 Å². The van der Waals surface area contributed by atoms with Gasteiger partial charge in [-0.25, -0.2) is 8.42 Å². The van der Waals surface area contributed by atoms with Crippen LogP contribution in [0.2, 0.25) is 0 Å². The molecule has 4 aromatic carbocycles. The van der Waals surface area contributed by atoms with Crippen molar-refractivity contribution in [1.82, 2.24) is 0 Å². The van der Waals surface area contributed by atoms with E-state index in [9.17, 15) is 13.2 Å². The summed E-state index contributed by atoms with van der Waals surface area (Å²) in [7, 11) is -3.79. The standard InChI is InChI=1S/C26H24N2O4S/c1-2-32-20-14-16-21(17-15-20)33(30,31)25-13-6-5-11-24(25)27-18-26(29)28-23-12-7-9-19-8-3-4-10-22(19)23/h3-17,27H,2,18H2,1H3,(H,28,29). The van der Waals surface area contributed by atoms with Crippen molar-refractivity contribution >= 4 is 37.9 Å². The summed E-state index contributed by atoms with van der Waals surface area (Å²) in [5.41, 5.74) is 1.06. The zero-order valence-electron chi connectivity index (χ0n) is 18.1. The highest BCUT2D eigenvalue weighted by atomic mass is 32.2. The molecule has 168 valence electrons. The molecule has 4 aromatic rings. The first kappa shape index (κ1) is 22.4. The number of sulfone groups is 1. The van der Waals surface area contributed by atoms with E-state index in [0.29, 0.717) is 23.7 Å². The molecule has 0 aliphatic heterocycles. The van der Waals surface area contributed by atoms with Crippen LogP contribution in [0.25, 0.3) is 10.8 Å². The lowest BCUT2D eigenvalue weighted by Crippen LogP contribution is -2.22. The molecule has 2 N–H and O–H groups in total. The van der Waals surface area contributed by atoms with Crippen molar-refractivity contribution < 1.29 is 17.9 Å². The number of para-hydroxylation sites is 1. The first-order valence-corrected chi connectivity index (χ1v) is 12.1. The van der Waals surface area contributed by atoms with Gasteiger partial charge in [0, 0.05) is 11.1 Å². The number of fused-ring (bicyclic) bond motifs is 1. The monoisotopic (exact) mass is 460 g/mol. The molecule has 6 nitrogen and oxygen atoms in total. The maximum Gasteiger partial charge on any atom is 0.243 e. The second kappa shape index (κ2) is 9.75. The van der Waals surface area contributed by atoms with Gasteiger partial charge in [0.1, 0.15) is 5.75 Å². The minimum Gasteiger partial charge on any atom is -0.494 e. The van der Waals surface area contributed by atoms with Gasteiger partial charge in [0.15, 0.2) is 0 Å². The quantitative estimate of drug-likeness (QED) is 0.381. The summed E-state index contributed by atoms with van der Waals surface area (Å²) >= 11 is 0. The molecular weight excluding hydrogens is 436 g/mol. The minimum atomic E-state index is -3.79. The van der Waals surface area contributed by atoms with Crippen molar-refractivity contribution in [3.05, 3.63) is 91.0 Å². The van der Waals surface area contributed by atoms with E-state index in [1.165, 1.54) is 18.2 Å². The molecule has 0 spiro atoms. The summed E-state index contributed by atoms with van der Waals surface area (Å²) in [6.45, 7) is 2.28. The molecule has 33 heavy (non-hydrogen) atoms. The first-order valence-electron chi connectivity index (χ1n) is 10.6. The number of anilines is 2. The number of hydrogen-bond acceptors (Lipinski definition) is 5. The third-order valence-corrected chi connectivity index (χ3v) is 6.95. The summed E-state index contributed by atoms with van der Waals surface area (Å²) in [5, 5.41) is 7.83. The van der Waals surface area contributed by atoms with E-state index in [4.69, 9.17) is 4.74 Å². The lowest BCUT2D eigenvalue weighted by atomic mass is 10.1. The number of amides is 1. The van der Waals surface area contributed by atoms with E-state index in [-0.39, 0.29) is 22.2 Å². The Kier molecular flexibility index (Phi) is 6.60. The Morgan fingerprint density at radius 3 is 2.27 bits per heavy atom. The molecule has 1 amide bonds. The minimum absolute atomic E-state index is 0.0843. The van der Waals surface area contributed by atoms with Gasteiger partial charge in [0.2, 0.25) is 15.7 Å². The largest absolute Gasteiger partial charge is 0.494 e. The third kappa shape index (κ3) is 4.99. The van der Waals surface area contributed by atoms with Gasteiger partial charge in [-0.15, -0.1) is 0 Å². The fraction of sp³-hybridized carbons (Fsp3) is 0.115.